The summed E-state index contributed by atoms with van der Waals surface area (Å²) >= 11 is 5.68. The van der Waals surface area contributed by atoms with Gasteiger partial charge in [0, 0.05) is 19.6 Å². The third kappa shape index (κ3) is 3.35. The SMILES string of the molecule is O=C(NCc1ccc(F)c(Cl)c1)N1CCCCC1. The molecule has 0 spiro atoms. The second-order valence-corrected chi connectivity index (χ2v) is 4.86. The minimum atomic E-state index is -0.442. The second-order valence-electron chi connectivity index (χ2n) is 4.45. The summed E-state index contributed by atoms with van der Waals surface area (Å²) in [7, 11) is 0. The maximum atomic E-state index is 13.0. The molecule has 98 valence electrons. The van der Waals surface area contributed by atoms with Crippen LogP contribution in [0.1, 0.15) is 24.8 Å². The highest BCUT2D eigenvalue weighted by Gasteiger charge is 2.15. The van der Waals surface area contributed by atoms with E-state index < -0.39 is 5.82 Å². The Bertz CT molecular complexity index is 433. The van der Waals surface area contributed by atoms with Crippen molar-refractivity contribution in [3.05, 3.63) is 34.6 Å². The summed E-state index contributed by atoms with van der Waals surface area (Å²) in [4.78, 5) is 13.6. The standard InChI is InChI=1S/C13H16ClFN2O/c14-11-8-10(4-5-12(11)15)9-16-13(18)17-6-2-1-3-7-17/h4-5,8H,1-3,6-7,9H2,(H,16,18). The molecule has 5 heteroatoms. The van der Waals surface area contributed by atoms with Crippen LogP contribution >= 0.6 is 11.6 Å². The summed E-state index contributed by atoms with van der Waals surface area (Å²) in [6, 6.07) is 4.41. The summed E-state index contributed by atoms with van der Waals surface area (Å²) in [5, 5.41) is 2.90. The number of piperidine rings is 1. The Balaban J connectivity index is 1.86. The molecule has 0 atom stereocenters. The molecule has 0 radical (unpaired) electrons. The van der Waals surface area contributed by atoms with Gasteiger partial charge >= 0.3 is 6.03 Å². The van der Waals surface area contributed by atoms with Crippen LogP contribution in [-0.2, 0) is 6.54 Å². The van der Waals surface area contributed by atoms with E-state index in [1.54, 1.807) is 6.07 Å². The Morgan fingerprint density at radius 3 is 2.72 bits per heavy atom. The molecule has 1 aliphatic heterocycles. The number of halogens is 2. The van der Waals surface area contributed by atoms with Crippen LogP contribution in [0.4, 0.5) is 9.18 Å². The molecule has 0 aliphatic carbocycles. The first-order valence-electron chi connectivity index (χ1n) is 6.13. The van der Waals surface area contributed by atoms with Crippen molar-refractivity contribution in [3.8, 4) is 0 Å². The van der Waals surface area contributed by atoms with Gasteiger partial charge in [0.15, 0.2) is 0 Å². The molecule has 0 unspecified atom stereocenters. The van der Waals surface area contributed by atoms with Crippen molar-refractivity contribution in [2.45, 2.75) is 25.8 Å². The lowest BCUT2D eigenvalue weighted by Crippen LogP contribution is -2.42. The summed E-state index contributed by atoms with van der Waals surface area (Å²) in [5.74, 6) is -0.442. The third-order valence-electron chi connectivity index (χ3n) is 3.07. The molecule has 0 bridgehead atoms. The molecular formula is C13H16ClFN2O. The molecule has 1 aromatic rings. The van der Waals surface area contributed by atoms with Gasteiger partial charge in [0.1, 0.15) is 5.82 Å². The van der Waals surface area contributed by atoms with Crippen LogP contribution < -0.4 is 5.32 Å². The predicted octanol–water partition coefficient (Wildman–Crippen LogP) is 3.17. The van der Waals surface area contributed by atoms with Gasteiger partial charge < -0.3 is 10.2 Å². The number of likely N-dealkylation sites (tertiary alicyclic amines) is 1. The first kappa shape index (κ1) is 13.1. The Kier molecular flexibility index (Phi) is 4.42. The Labute approximate surface area is 111 Å². The third-order valence-corrected chi connectivity index (χ3v) is 3.36. The molecule has 0 aromatic heterocycles. The monoisotopic (exact) mass is 270 g/mol. The highest BCUT2D eigenvalue weighted by molar-refractivity contribution is 6.30. The van der Waals surface area contributed by atoms with E-state index in [4.69, 9.17) is 11.6 Å². The number of carbonyl (C=O) groups is 1. The number of nitrogens with zero attached hydrogens (tertiary/aromatic N) is 1. The second kappa shape index (κ2) is 6.05. The molecule has 1 aromatic carbocycles. The van der Waals surface area contributed by atoms with Crippen molar-refractivity contribution in [3.63, 3.8) is 0 Å². The smallest absolute Gasteiger partial charge is 0.317 e. The quantitative estimate of drug-likeness (QED) is 0.880. The van der Waals surface area contributed by atoms with E-state index in [0.29, 0.717) is 6.54 Å². The van der Waals surface area contributed by atoms with Crippen LogP contribution in [-0.4, -0.2) is 24.0 Å². The van der Waals surface area contributed by atoms with Crippen molar-refractivity contribution in [1.82, 2.24) is 10.2 Å². The van der Waals surface area contributed by atoms with Gasteiger partial charge in [-0.3, -0.25) is 0 Å². The van der Waals surface area contributed by atoms with E-state index in [-0.39, 0.29) is 11.1 Å². The van der Waals surface area contributed by atoms with Gasteiger partial charge in [0.2, 0.25) is 0 Å². The minimum Gasteiger partial charge on any atom is -0.334 e. The summed E-state index contributed by atoms with van der Waals surface area (Å²) in [5.41, 5.74) is 0.798. The highest BCUT2D eigenvalue weighted by Crippen LogP contribution is 2.16. The zero-order valence-electron chi connectivity index (χ0n) is 10.1. The topological polar surface area (TPSA) is 32.3 Å². The largest absolute Gasteiger partial charge is 0.334 e. The van der Waals surface area contributed by atoms with Gasteiger partial charge in [-0.2, -0.15) is 0 Å². The molecule has 3 nitrogen and oxygen atoms in total. The van der Waals surface area contributed by atoms with Crippen molar-refractivity contribution in [2.75, 3.05) is 13.1 Å². The van der Waals surface area contributed by atoms with Gasteiger partial charge in [-0.1, -0.05) is 17.7 Å². The van der Waals surface area contributed by atoms with E-state index in [2.05, 4.69) is 5.32 Å². The van der Waals surface area contributed by atoms with E-state index in [0.717, 1.165) is 31.5 Å². The zero-order chi connectivity index (χ0) is 13.0. The van der Waals surface area contributed by atoms with Gasteiger partial charge in [-0.25, -0.2) is 9.18 Å². The lowest BCUT2D eigenvalue weighted by molar-refractivity contribution is 0.186. The van der Waals surface area contributed by atoms with Crippen LogP contribution in [0, 0.1) is 5.82 Å². The number of benzene rings is 1. The summed E-state index contributed by atoms with van der Waals surface area (Å²) in [6.45, 7) is 2.00. The normalized spacial score (nSPS) is 15.6. The first-order chi connectivity index (χ1) is 8.66. The molecule has 1 N–H and O–H groups in total. The number of hydrogen-bond acceptors (Lipinski definition) is 1. The van der Waals surface area contributed by atoms with Crippen molar-refractivity contribution < 1.29 is 9.18 Å². The molecule has 1 heterocycles. The van der Waals surface area contributed by atoms with E-state index >= 15 is 0 Å². The van der Waals surface area contributed by atoms with Gasteiger partial charge in [-0.05, 0) is 37.0 Å². The van der Waals surface area contributed by atoms with Gasteiger partial charge in [-0.15, -0.1) is 0 Å². The maximum absolute atomic E-state index is 13.0. The fraction of sp³-hybridized carbons (Fsp3) is 0.462. The average Bonchev–Trinajstić information content (AvgIpc) is 2.41. The summed E-state index contributed by atoms with van der Waals surface area (Å²) < 4.78 is 13.0. The molecule has 2 amide bonds. The molecule has 0 saturated carbocycles. The van der Waals surface area contributed by atoms with Crippen LogP contribution in [0.15, 0.2) is 18.2 Å². The van der Waals surface area contributed by atoms with Crippen LogP contribution in [0.3, 0.4) is 0 Å². The van der Waals surface area contributed by atoms with Crippen LogP contribution in [0.25, 0.3) is 0 Å². The lowest BCUT2D eigenvalue weighted by atomic mass is 10.1. The van der Waals surface area contributed by atoms with Gasteiger partial charge in [0.05, 0.1) is 5.02 Å². The highest BCUT2D eigenvalue weighted by atomic mass is 35.5. The first-order valence-corrected chi connectivity index (χ1v) is 6.51. The molecular weight excluding hydrogens is 255 g/mol. The molecule has 2 rings (SSSR count). The summed E-state index contributed by atoms with van der Waals surface area (Å²) in [6.07, 6.45) is 3.32. The maximum Gasteiger partial charge on any atom is 0.317 e. The predicted molar refractivity (Wildman–Crippen MR) is 69.1 cm³/mol. The van der Waals surface area contributed by atoms with Crippen molar-refractivity contribution >= 4 is 17.6 Å². The number of urea groups is 1. The average molecular weight is 271 g/mol. The number of hydrogen-bond donors (Lipinski definition) is 1. The van der Waals surface area contributed by atoms with Crippen LogP contribution in [0.5, 0.6) is 0 Å². The lowest BCUT2D eigenvalue weighted by Gasteiger charge is -2.26. The van der Waals surface area contributed by atoms with Crippen molar-refractivity contribution in [2.24, 2.45) is 0 Å². The molecule has 1 aliphatic rings. The van der Waals surface area contributed by atoms with Crippen LogP contribution in [0.2, 0.25) is 5.02 Å². The number of nitrogens with one attached hydrogen (secondary N) is 1. The molecule has 1 saturated heterocycles. The Morgan fingerprint density at radius 2 is 2.06 bits per heavy atom. The number of carbonyl (C=O) groups excluding carboxylic acids is 1. The van der Waals surface area contributed by atoms with E-state index in [1.807, 2.05) is 4.90 Å². The minimum absolute atomic E-state index is 0.0600. The fourth-order valence-corrected chi connectivity index (χ4v) is 2.24. The zero-order valence-corrected chi connectivity index (χ0v) is 10.8. The fourth-order valence-electron chi connectivity index (χ4n) is 2.04. The van der Waals surface area contributed by atoms with E-state index in [9.17, 15) is 9.18 Å². The Hall–Kier alpha value is -1.29. The molecule has 1 fully saturated rings. The van der Waals surface area contributed by atoms with E-state index in [1.165, 1.54) is 18.6 Å². The Morgan fingerprint density at radius 1 is 1.33 bits per heavy atom. The van der Waals surface area contributed by atoms with Crippen molar-refractivity contribution in [1.29, 1.82) is 0 Å². The number of rotatable bonds is 2. The van der Waals surface area contributed by atoms with Gasteiger partial charge in [0.25, 0.3) is 0 Å². The number of amides is 2. The molecule has 18 heavy (non-hydrogen) atoms.